The van der Waals surface area contributed by atoms with Crippen molar-refractivity contribution >= 4 is 29.2 Å². The standard InChI is InChI=1S/C26H34N6O6S/c1-4-6-19-21(16-27-34)30(3)24-23(19)28-25(29-26(24)33)20-15-18(7-8-22(20)37-5-2)39-31-12-9-17(10-13-31)11-14-38-32(35)36/h7-8,15-17,34H,4-6,9-14H2,1-3H3,(H,28,29,33)/b27-16+. The van der Waals surface area contributed by atoms with Crippen molar-refractivity contribution in [2.24, 2.45) is 18.1 Å². The fourth-order valence-electron chi connectivity index (χ4n) is 5.04. The quantitative estimate of drug-likeness (QED) is 0.108. The minimum Gasteiger partial charge on any atom is -0.493 e. The van der Waals surface area contributed by atoms with E-state index in [4.69, 9.17) is 9.72 Å². The van der Waals surface area contributed by atoms with Gasteiger partial charge in [0.05, 0.1) is 30.7 Å². The van der Waals surface area contributed by atoms with Crippen molar-refractivity contribution in [3.8, 4) is 17.1 Å². The molecular formula is C26H34N6O6S. The number of piperidine rings is 1. The highest BCUT2D eigenvalue weighted by atomic mass is 32.2. The Balaban J connectivity index is 1.62. The molecule has 1 aromatic carbocycles. The summed E-state index contributed by atoms with van der Waals surface area (Å²) in [5.41, 5.74) is 2.92. The van der Waals surface area contributed by atoms with Crippen molar-refractivity contribution in [2.75, 3.05) is 26.3 Å². The maximum absolute atomic E-state index is 13.3. The highest BCUT2D eigenvalue weighted by molar-refractivity contribution is 7.97. The van der Waals surface area contributed by atoms with Crippen LogP contribution in [0.2, 0.25) is 0 Å². The van der Waals surface area contributed by atoms with E-state index in [2.05, 4.69) is 19.3 Å². The van der Waals surface area contributed by atoms with Crippen LogP contribution in [-0.2, 0) is 18.3 Å². The minimum absolute atomic E-state index is 0.137. The lowest BCUT2D eigenvalue weighted by molar-refractivity contribution is -0.758. The van der Waals surface area contributed by atoms with Crippen molar-refractivity contribution in [1.29, 1.82) is 0 Å². The van der Waals surface area contributed by atoms with Gasteiger partial charge in [-0.1, -0.05) is 18.5 Å². The van der Waals surface area contributed by atoms with Crippen LogP contribution in [0.3, 0.4) is 0 Å². The minimum atomic E-state index is -0.737. The third-order valence-corrected chi connectivity index (χ3v) is 7.99. The molecule has 1 aliphatic heterocycles. The predicted octanol–water partition coefficient (Wildman–Crippen LogP) is 4.41. The first-order valence-electron chi connectivity index (χ1n) is 13.1. The molecule has 0 saturated carbocycles. The normalized spacial score (nSPS) is 14.8. The molecule has 3 aromatic rings. The molecule has 0 atom stereocenters. The van der Waals surface area contributed by atoms with Crippen molar-refractivity contribution in [2.45, 2.75) is 50.8 Å². The van der Waals surface area contributed by atoms with Crippen LogP contribution in [-0.4, -0.2) is 61.7 Å². The van der Waals surface area contributed by atoms with Crippen LogP contribution in [0.15, 0.2) is 33.0 Å². The Hall–Kier alpha value is -3.58. The molecule has 0 unspecified atom stereocenters. The molecule has 0 spiro atoms. The van der Waals surface area contributed by atoms with Crippen LogP contribution in [0.5, 0.6) is 5.75 Å². The van der Waals surface area contributed by atoms with E-state index in [0.29, 0.717) is 59.2 Å². The van der Waals surface area contributed by atoms with Gasteiger partial charge in [-0.15, -0.1) is 10.1 Å². The highest BCUT2D eigenvalue weighted by Crippen LogP contribution is 2.36. The topological polar surface area (TPSA) is 148 Å². The van der Waals surface area contributed by atoms with Gasteiger partial charge in [0.1, 0.15) is 22.6 Å². The van der Waals surface area contributed by atoms with E-state index in [-0.39, 0.29) is 12.2 Å². The largest absolute Gasteiger partial charge is 0.493 e. The van der Waals surface area contributed by atoms with Crippen LogP contribution >= 0.6 is 11.9 Å². The monoisotopic (exact) mass is 558 g/mol. The molecule has 4 rings (SSSR count). The third-order valence-electron chi connectivity index (χ3n) is 6.90. The summed E-state index contributed by atoms with van der Waals surface area (Å²) >= 11 is 1.63. The van der Waals surface area contributed by atoms with Gasteiger partial charge in [-0.25, -0.2) is 9.29 Å². The summed E-state index contributed by atoms with van der Waals surface area (Å²) in [5, 5.41) is 22.0. The molecule has 1 fully saturated rings. The van der Waals surface area contributed by atoms with Crippen molar-refractivity contribution in [3.63, 3.8) is 0 Å². The van der Waals surface area contributed by atoms with Crippen LogP contribution in [0.4, 0.5) is 0 Å². The lowest BCUT2D eigenvalue weighted by Crippen LogP contribution is -2.29. The van der Waals surface area contributed by atoms with Crippen LogP contribution in [0.25, 0.3) is 22.4 Å². The van der Waals surface area contributed by atoms with E-state index >= 15 is 0 Å². The molecule has 2 aromatic heterocycles. The molecule has 13 heteroatoms. The third kappa shape index (κ3) is 6.53. The Morgan fingerprint density at radius 2 is 2.10 bits per heavy atom. The maximum Gasteiger partial charge on any atom is 0.294 e. The molecule has 12 nitrogen and oxygen atoms in total. The zero-order valence-electron chi connectivity index (χ0n) is 22.4. The summed E-state index contributed by atoms with van der Waals surface area (Å²) in [6.45, 7) is 6.27. The highest BCUT2D eigenvalue weighted by Gasteiger charge is 2.23. The molecule has 0 radical (unpaired) electrons. The smallest absolute Gasteiger partial charge is 0.294 e. The molecule has 0 bridgehead atoms. The van der Waals surface area contributed by atoms with E-state index in [1.165, 1.54) is 6.21 Å². The number of H-pyrrole nitrogens is 1. The number of nitrogens with one attached hydrogen (secondary N) is 1. The Kier molecular flexibility index (Phi) is 9.46. The van der Waals surface area contributed by atoms with Crippen molar-refractivity contribution < 1.29 is 19.9 Å². The Morgan fingerprint density at radius 3 is 2.77 bits per heavy atom. The van der Waals surface area contributed by atoms with Crippen molar-refractivity contribution in [3.05, 3.63) is 49.9 Å². The van der Waals surface area contributed by atoms with Crippen LogP contribution in [0, 0.1) is 16.0 Å². The number of ether oxygens (including phenoxy) is 1. The molecule has 1 saturated heterocycles. The zero-order valence-corrected chi connectivity index (χ0v) is 23.2. The number of benzene rings is 1. The molecule has 0 aliphatic carbocycles. The number of aromatic amines is 1. The van der Waals surface area contributed by atoms with Crippen molar-refractivity contribution in [1.82, 2.24) is 18.8 Å². The van der Waals surface area contributed by atoms with Gasteiger partial charge in [0.15, 0.2) is 0 Å². The van der Waals surface area contributed by atoms with Gasteiger partial charge in [-0.05, 0) is 68.7 Å². The van der Waals surface area contributed by atoms with Gasteiger partial charge in [-0.2, -0.15) is 0 Å². The van der Waals surface area contributed by atoms with E-state index in [9.17, 15) is 20.1 Å². The SMILES string of the molecule is CCCc1c(/C=N/O)n(C)c2c(=O)[nH]c(-c3cc(SN4CCC(CCO[N+](=O)[O-])CC4)ccc3OCC)nc12. The molecule has 39 heavy (non-hydrogen) atoms. The molecule has 3 heterocycles. The maximum atomic E-state index is 13.3. The summed E-state index contributed by atoms with van der Waals surface area (Å²) in [6.07, 6.45) is 5.42. The van der Waals surface area contributed by atoms with Gasteiger partial charge in [0.25, 0.3) is 10.6 Å². The number of hydrogen-bond donors (Lipinski definition) is 2. The molecule has 1 aliphatic rings. The second-order valence-corrected chi connectivity index (χ2v) is 10.6. The fourth-order valence-corrected chi connectivity index (χ4v) is 6.03. The van der Waals surface area contributed by atoms with E-state index in [0.717, 1.165) is 42.8 Å². The van der Waals surface area contributed by atoms with E-state index < -0.39 is 5.09 Å². The fraction of sp³-hybridized carbons (Fsp3) is 0.500. The Labute approximate surface area is 230 Å². The van der Waals surface area contributed by atoms with Gasteiger partial charge in [0.2, 0.25) is 0 Å². The first-order chi connectivity index (χ1) is 18.9. The van der Waals surface area contributed by atoms with Crippen LogP contribution < -0.4 is 10.3 Å². The number of hydrogen-bond acceptors (Lipinski definition) is 10. The summed E-state index contributed by atoms with van der Waals surface area (Å²) in [7, 11) is 1.76. The number of nitrogens with zero attached hydrogens (tertiary/aromatic N) is 5. The van der Waals surface area contributed by atoms with E-state index in [1.807, 2.05) is 32.0 Å². The Morgan fingerprint density at radius 1 is 1.33 bits per heavy atom. The van der Waals surface area contributed by atoms with Gasteiger partial charge in [0, 0.05) is 30.6 Å². The first-order valence-corrected chi connectivity index (χ1v) is 13.9. The summed E-state index contributed by atoms with van der Waals surface area (Å²) in [4.78, 5) is 36.9. The average molecular weight is 559 g/mol. The predicted molar refractivity (Wildman–Crippen MR) is 149 cm³/mol. The van der Waals surface area contributed by atoms with Crippen LogP contribution in [0.1, 0.15) is 50.8 Å². The second-order valence-electron chi connectivity index (χ2n) is 9.43. The van der Waals surface area contributed by atoms with Gasteiger partial charge >= 0.3 is 0 Å². The summed E-state index contributed by atoms with van der Waals surface area (Å²) < 4.78 is 9.88. The lowest BCUT2D eigenvalue weighted by Gasteiger charge is -2.30. The van der Waals surface area contributed by atoms with Gasteiger partial charge < -0.3 is 24.3 Å². The summed E-state index contributed by atoms with van der Waals surface area (Å²) in [6, 6.07) is 5.87. The summed E-state index contributed by atoms with van der Waals surface area (Å²) in [5.74, 6) is 1.44. The number of aryl methyl sites for hydroxylation is 2. The lowest BCUT2D eigenvalue weighted by atomic mass is 9.95. The van der Waals surface area contributed by atoms with Gasteiger partial charge in [-0.3, -0.25) is 4.79 Å². The second kappa shape index (κ2) is 13.0. The van der Waals surface area contributed by atoms with E-state index in [1.54, 1.807) is 23.6 Å². The number of oxime groups is 1. The molecule has 2 N–H and O–H groups in total. The Bertz CT molecular complexity index is 1400. The molecular weight excluding hydrogens is 524 g/mol. The first kappa shape index (κ1) is 28.4. The number of rotatable bonds is 12. The molecule has 210 valence electrons. The average Bonchev–Trinajstić information content (AvgIpc) is 3.17. The number of aromatic nitrogens is 3. The number of fused-ring (bicyclic) bond motifs is 1. The molecule has 0 amide bonds. The zero-order chi connectivity index (χ0) is 27.9.